The van der Waals surface area contributed by atoms with E-state index in [-0.39, 0.29) is 0 Å². The standard InChI is InChI=1S/C17H27N/c1-12(18-6)13-7-8-14-15(11-13)17(4,5)10-9-16(14,2)3/h7-8,11-12,18H,9-10H2,1-6H3/t12-/m0/s1. The summed E-state index contributed by atoms with van der Waals surface area (Å²) in [5.41, 5.74) is 5.15. The molecule has 1 aromatic rings. The van der Waals surface area contributed by atoms with Gasteiger partial charge in [0, 0.05) is 6.04 Å². The topological polar surface area (TPSA) is 12.0 Å². The van der Waals surface area contributed by atoms with Crippen LogP contribution in [-0.4, -0.2) is 7.05 Å². The minimum atomic E-state index is 0.314. The molecule has 0 fully saturated rings. The van der Waals surface area contributed by atoms with Gasteiger partial charge < -0.3 is 5.32 Å². The Morgan fingerprint density at radius 1 is 1.00 bits per heavy atom. The molecule has 1 heteroatoms. The largest absolute Gasteiger partial charge is 0.313 e. The Balaban J connectivity index is 2.55. The van der Waals surface area contributed by atoms with Crippen LogP contribution < -0.4 is 5.32 Å². The Hall–Kier alpha value is -0.820. The van der Waals surface area contributed by atoms with Crippen molar-refractivity contribution in [3.8, 4) is 0 Å². The van der Waals surface area contributed by atoms with Crippen LogP contribution >= 0.6 is 0 Å². The summed E-state index contributed by atoms with van der Waals surface area (Å²) in [6.45, 7) is 11.7. The lowest BCUT2D eigenvalue weighted by Crippen LogP contribution is -2.34. The average molecular weight is 245 g/mol. The van der Waals surface area contributed by atoms with Crippen molar-refractivity contribution in [2.75, 3.05) is 7.05 Å². The van der Waals surface area contributed by atoms with Crippen LogP contribution in [0.5, 0.6) is 0 Å². The van der Waals surface area contributed by atoms with Crippen LogP contribution in [0.25, 0.3) is 0 Å². The molecule has 0 heterocycles. The van der Waals surface area contributed by atoms with Crippen molar-refractivity contribution in [2.45, 2.75) is 64.3 Å². The zero-order valence-corrected chi connectivity index (χ0v) is 12.7. The first-order chi connectivity index (χ1) is 8.28. The van der Waals surface area contributed by atoms with Crippen molar-refractivity contribution in [2.24, 2.45) is 0 Å². The van der Waals surface area contributed by atoms with Gasteiger partial charge in [-0.15, -0.1) is 0 Å². The molecule has 100 valence electrons. The van der Waals surface area contributed by atoms with E-state index in [9.17, 15) is 0 Å². The second-order valence-electron chi connectivity index (χ2n) is 7.08. The molecule has 1 atom stereocenters. The summed E-state index contributed by atoms with van der Waals surface area (Å²) in [5, 5.41) is 3.34. The maximum atomic E-state index is 3.34. The zero-order valence-electron chi connectivity index (χ0n) is 12.7. The van der Waals surface area contributed by atoms with Gasteiger partial charge in [-0.2, -0.15) is 0 Å². The van der Waals surface area contributed by atoms with Crippen molar-refractivity contribution < 1.29 is 0 Å². The number of benzene rings is 1. The second kappa shape index (κ2) is 4.38. The molecule has 1 aliphatic rings. The molecule has 0 radical (unpaired) electrons. The Morgan fingerprint density at radius 2 is 1.56 bits per heavy atom. The molecule has 1 aliphatic carbocycles. The van der Waals surface area contributed by atoms with Gasteiger partial charge in [-0.1, -0.05) is 45.9 Å². The smallest absolute Gasteiger partial charge is 0.0289 e. The summed E-state index contributed by atoms with van der Waals surface area (Å²) in [6.07, 6.45) is 2.57. The predicted octanol–water partition coefficient (Wildman–Crippen LogP) is 4.32. The molecule has 0 amide bonds. The first-order valence-electron chi connectivity index (χ1n) is 7.10. The molecule has 1 N–H and O–H groups in total. The lowest BCUT2D eigenvalue weighted by Gasteiger charge is -2.42. The van der Waals surface area contributed by atoms with E-state index in [1.165, 1.54) is 18.4 Å². The van der Waals surface area contributed by atoms with E-state index >= 15 is 0 Å². The zero-order chi connectivity index (χ0) is 13.6. The van der Waals surface area contributed by atoms with E-state index in [0.717, 1.165) is 0 Å². The molecule has 18 heavy (non-hydrogen) atoms. The van der Waals surface area contributed by atoms with E-state index in [0.29, 0.717) is 16.9 Å². The maximum Gasteiger partial charge on any atom is 0.0289 e. The molecule has 0 saturated heterocycles. The summed E-state index contributed by atoms with van der Waals surface area (Å²) < 4.78 is 0. The second-order valence-corrected chi connectivity index (χ2v) is 7.08. The third-order valence-electron chi connectivity index (χ3n) is 4.81. The molecule has 0 aromatic heterocycles. The first kappa shape index (κ1) is 13.6. The number of fused-ring (bicyclic) bond motifs is 1. The fraction of sp³-hybridized carbons (Fsp3) is 0.647. The fourth-order valence-electron chi connectivity index (χ4n) is 3.04. The maximum absolute atomic E-state index is 3.34. The molecule has 1 aromatic carbocycles. The summed E-state index contributed by atoms with van der Waals surface area (Å²) >= 11 is 0. The van der Waals surface area contributed by atoms with E-state index in [1.54, 1.807) is 11.1 Å². The van der Waals surface area contributed by atoms with Crippen molar-refractivity contribution in [3.05, 3.63) is 34.9 Å². The van der Waals surface area contributed by atoms with Gasteiger partial charge in [-0.3, -0.25) is 0 Å². The third-order valence-corrected chi connectivity index (χ3v) is 4.81. The van der Waals surface area contributed by atoms with Gasteiger partial charge in [-0.25, -0.2) is 0 Å². The van der Waals surface area contributed by atoms with E-state index < -0.39 is 0 Å². The van der Waals surface area contributed by atoms with Crippen LogP contribution in [0.4, 0.5) is 0 Å². The van der Waals surface area contributed by atoms with Crippen molar-refractivity contribution >= 4 is 0 Å². The van der Waals surface area contributed by atoms with Gasteiger partial charge in [0.05, 0.1) is 0 Å². The normalized spacial score (nSPS) is 22.3. The summed E-state index contributed by atoms with van der Waals surface area (Å²) in [6, 6.07) is 7.51. The molecular formula is C17H27N. The first-order valence-corrected chi connectivity index (χ1v) is 7.10. The van der Waals surface area contributed by atoms with Crippen LogP contribution in [0.1, 0.15) is 70.2 Å². The molecule has 0 aliphatic heterocycles. The lowest BCUT2D eigenvalue weighted by atomic mass is 9.63. The Bertz CT molecular complexity index is 443. The minimum Gasteiger partial charge on any atom is -0.313 e. The van der Waals surface area contributed by atoms with Crippen LogP contribution in [0.3, 0.4) is 0 Å². The van der Waals surface area contributed by atoms with Crippen LogP contribution in [-0.2, 0) is 10.8 Å². The highest BCUT2D eigenvalue weighted by molar-refractivity contribution is 5.44. The molecule has 0 spiro atoms. The van der Waals surface area contributed by atoms with E-state index in [4.69, 9.17) is 0 Å². The van der Waals surface area contributed by atoms with Crippen molar-refractivity contribution in [1.82, 2.24) is 5.32 Å². The summed E-state index contributed by atoms with van der Waals surface area (Å²) in [5.74, 6) is 0. The van der Waals surface area contributed by atoms with Gasteiger partial charge in [0.25, 0.3) is 0 Å². The van der Waals surface area contributed by atoms with Crippen LogP contribution in [0.2, 0.25) is 0 Å². The predicted molar refractivity (Wildman–Crippen MR) is 79.2 cm³/mol. The molecular weight excluding hydrogens is 218 g/mol. The van der Waals surface area contributed by atoms with E-state index in [1.807, 2.05) is 7.05 Å². The van der Waals surface area contributed by atoms with Gasteiger partial charge in [0.1, 0.15) is 0 Å². The van der Waals surface area contributed by atoms with E-state index in [2.05, 4.69) is 58.1 Å². The van der Waals surface area contributed by atoms with Crippen LogP contribution in [0, 0.1) is 0 Å². The monoisotopic (exact) mass is 245 g/mol. The highest BCUT2D eigenvalue weighted by Gasteiger charge is 2.36. The number of rotatable bonds is 2. The third kappa shape index (κ3) is 2.21. The summed E-state index contributed by atoms with van der Waals surface area (Å²) in [4.78, 5) is 0. The van der Waals surface area contributed by atoms with Crippen molar-refractivity contribution in [3.63, 3.8) is 0 Å². The summed E-state index contributed by atoms with van der Waals surface area (Å²) in [7, 11) is 2.03. The molecule has 0 bridgehead atoms. The lowest BCUT2D eigenvalue weighted by molar-refractivity contribution is 0.331. The Labute approximate surface area is 112 Å². The van der Waals surface area contributed by atoms with Gasteiger partial charge in [-0.05, 0) is 54.3 Å². The average Bonchev–Trinajstić information content (AvgIpc) is 2.34. The molecule has 0 saturated carbocycles. The number of hydrogen-bond acceptors (Lipinski definition) is 1. The number of hydrogen-bond donors (Lipinski definition) is 1. The van der Waals surface area contributed by atoms with Gasteiger partial charge >= 0.3 is 0 Å². The quantitative estimate of drug-likeness (QED) is 0.818. The van der Waals surface area contributed by atoms with Crippen molar-refractivity contribution in [1.29, 1.82) is 0 Å². The van der Waals surface area contributed by atoms with Gasteiger partial charge in [0.2, 0.25) is 0 Å². The Morgan fingerprint density at radius 3 is 2.11 bits per heavy atom. The minimum absolute atomic E-state index is 0.314. The molecule has 0 unspecified atom stereocenters. The molecule has 2 rings (SSSR count). The number of nitrogens with one attached hydrogen (secondary N) is 1. The Kier molecular flexibility index (Phi) is 3.31. The molecule has 1 nitrogen and oxygen atoms in total. The fourth-order valence-corrected chi connectivity index (χ4v) is 3.04. The highest BCUT2D eigenvalue weighted by atomic mass is 14.8. The van der Waals surface area contributed by atoms with Gasteiger partial charge in [0.15, 0.2) is 0 Å². The SMILES string of the molecule is CN[C@@H](C)c1ccc2c(c1)C(C)(C)CCC2(C)C. The van der Waals surface area contributed by atoms with Crippen LogP contribution in [0.15, 0.2) is 18.2 Å². The highest BCUT2D eigenvalue weighted by Crippen LogP contribution is 2.46.